The van der Waals surface area contributed by atoms with E-state index in [1.165, 1.54) is 0 Å². The number of aromatic amines is 4. The van der Waals surface area contributed by atoms with Gasteiger partial charge in [-0.25, -0.2) is 26.8 Å². The first kappa shape index (κ1) is 53.4. The van der Waals surface area contributed by atoms with Crippen LogP contribution in [0.5, 0.6) is 0 Å². The van der Waals surface area contributed by atoms with E-state index in [0.717, 1.165) is 100 Å². The minimum absolute atomic E-state index is 0. The molecule has 0 unspecified atom stereocenters. The van der Waals surface area contributed by atoms with E-state index in [0.29, 0.717) is 22.3 Å². The van der Waals surface area contributed by atoms with Crippen LogP contribution in [-0.4, -0.2) is 98.3 Å². The molecule has 0 radical (unpaired) electrons. The normalized spacial score (nSPS) is 14.2. The van der Waals surface area contributed by atoms with E-state index in [-0.39, 0.29) is 45.1 Å². The number of benzene rings is 2. The zero-order valence-electron chi connectivity index (χ0n) is 39.0. The maximum atomic E-state index is 11.6. The summed E-state index contributed by atoms with van der Waals surface area (Å²) in [6.45, 7) is 23.5. The van der Waals surface area contributed by atoms with E-state index in [4.69, 9.17) is 18.4 Å². The number of aryl methyl sites for hydroxylation is 8. The third-order valence-electron chi connectivity index (χ3n) is 11.4. The summed E-state index contributed by atoms with van der Waals surface area (Å²) in [5.74, 6) is 1.80. The van der Waals surface area contributed by atoms with Crippen molar-refractivity contribution in [1.29, 1.82) is 0 Å². The summed E-state index contributed by atoms with van der Waals surface area (Å²) >= 11 is 2.17. The van der Waals surface area contributed by atoms with E-state index in [9.17, 15) is 16.8 Å². The molecule has 0 atom stereocenters. The Labute approximate surface area is 410 Å². The lowest BCUT2D eigenvalue weighted by atomic mass is 9.77. The van der Waals surface area contributed by atoms with Crippen molar-refractivity contribution < 1.29 is 35.2 Å². The van der Waals surface area contributed by atoms with Crippen LogP contribution in [0.25, 0.3) is 55.4 Å². The van der Waals surface area contributed by atoms with Gasteiger partial charge in [0.05, 0.1) is 63.0 Å². The Balaban J connectivity index is 0.000000195. The lowest BCUT2D eigenvalue weighted by Gasteiger charge is -2.32. The molecule has 24 heteroatoms. The summed E-state index contributed by atoms with van der Waals surface area (Å²) in [5.41, 5.74) is 13.9. The number of halogens is 1. The Morgan fingerprint density at radius 2 is 1.04 bits per heavy atom. The average molecular weight is 1090 g/mol. The van der Waals surface area contributed by atoms with E-state index >= 15 is 0 Å². The molecule has 6 N–H and O–H groups in total. The molecule has 6 aromatic heterocycles. The molecular formula is C44H60BIN12O8S2. The molecule has 9 rings (SSSR count). The second kappa shape index (κ2) is 19.4. The molecule has 0 spiro atoms. The highest BCUT2D eigenvalue weighted by molar-refractivity contribution is 14.1. The summed E-state index contributed by atoms with van der Waals surface area (Å²) < 4.78 is 74.1. The topological polar surface area (TPSA) is 278 Å². The zero-order chi connectivity index (χ0) is 48.4. The van der Waals surface area contributed by atoms with Crippen molar-refractivity contribution in [3.8, 4) is 33.4 Å². The van der Waals surface area contributed by atoms with Crippen LogP contribution in [0.3, 0.4) is 0 Å². The second-order valence-corrected chi connectivity index (χ2v) is 22.0. The quantitative estimate of drug-likeness (QED) is 0.0614. The predicted molar refractivity (Wildman–Crippen MR) is 276 cm³/mol. The first-order chi connectivity index (χ1) is 30.6. The van der Waals surface area contributed by atoms with Gasteiger partial charge in [-0.15, -0.1) is 0 Å². The van der Waals surface area contributed by atoms with Gasteiger partial charge in [0.1, 0.15) is 17.0 Å². The highest BCUT2D eigenvalue weighted by Crippen LogP contribution is 2.39. The van der Waals surface area contributed by atoms with E-state index in [2.05, 4.69) is 110 Å². The molecule has 68 heavy (non-hydrogen) atoms. The van der Waals surface area contributed by atoms with Crippen LogP contribution in [-0.2, 0) is 29.4 Å². The predicted octanol–water partition coefficient (Wildman–Crippen LogP) is 8.62. The summed E-state index contributed by atoms with van der Waals surface area (Å²) in [4.78, 5) is 14.8. The number of imidazole rings is 2. The number of anilines is 2. The summed E-state index contributed by atoms with van der Waals surface area (Å²) in [6.07, 6.45) is 2.17. The third kappa shape index (κ3) is 11.0. The van der Waals surface area contributed by atoms with Gasteiger partial charge in [0.15, 0.2) is 0 Å². The van der Waals surface area contributed by atoms with Crippen LogP contribution in [0, 0.1) is 59.0 Å². The number of rotatable bonds is 8. The van der Waals surface area contributed by atoms with Crippen molar-refractivity contribution >= 4 is 89.2 Å². The van der Waals surface area contributed by atoms with Crippen LogP contribution < -0.4 is 14.9 Å². The van der Waals surface area contributed by atoms with Crippen LogP contribution in [0.2, 0.25) is 0 Å². The van der Waals surface area contributed by atoms with Crippen molar-refractivity contribution in [2.24, 2.45) is 0 Å². The number of nitrogens with zero attached hydrogens (tertiary/aromatic N) is 6. The molecular weight excluding hydrogens is 1030 g/mol. The van der Waals surface area contributed by atoms with E-state index in [1.807, 2.05) is 79.7 Å². The molecule has 8 aromatic rings. The van der Waals surface area contributed by atoms with Gasteiger partial charge in [-0.2, -0.15) is 10.2 Å². The fourth-order valence-electron chi connectivity index (χ4n) is 7.73. The maximum absolute atomic E-state index is 11.6. The fraction of sp³-hybridized carbons (Fsp3) is 0.409. The molecule has 1 saturated heterocycles. The SMILES string of the molecule is C.C.Cc1n[nH]c(C)c1-c1cc(-c2c(C)noc2C)cc2[nH]c(NS(C)(=O)=O)nc12.Cc1n[nH]c(C)c1B1OC(C)(C)C(C)(C)O1.Cc1noc(C)c1-c1cc(I)c2nc(NS(C)(=O)=O)[nH]c2c1. The van der Waals surface area contributed by atoms with Gasteiger partial charge in [-0.05, 0) is 141 Å². The summed E-state index contributed by atoms with van der Waals surface area (Å²) in [6, 6.07) is 7.80. The third-order valence-corrected chi connectivity index (χ3v) is 13.4. The van der Waals surface area contributed by atoms with Crippen molar-refractivity contribution in [2.45, 2.75) is 109 Å². The van der Waals surface area contributed by atoms with E-state index < -0.39 is 20.0 Å². The van der Waals surface area contributed by atoms with Crippen molar-refractivity contribution in [1.82, 2.24) is 50.6 Å². The number of sulfonamides is 2. The Morgan fingerprint density at radius 1 is 0.603 bits per heavy atom. The lowest BCUT2D eigenvalue weighted by molar-refractivity contribution is 0.00578. The number of aromatic nitrogens is 10. The largest absolute Gasteiger partial charge is 0.498 e. The van der Waals surface area contributed by atoms with E-state index in [1.54, 1.807) is 0 Å². The fourth-order valence-corrected chi connectivity index (χ4v) is 9.37. The van der Waals surface area contributed by atoms with Crippen molar-refractivity contribution in [3.63, 3.8) is 0 Å². The van der Waals surface area contributed by atoms with Gasteiger partial charge in [0, 0.05) is 42.7 Å². The molecule has 7 heterocycles. The highest BCUT2D eigenvalue weighted by Gasteiger charge is 2.53. The summed E-state index contributed by atoms with van der Waals surface area (Å²) in [7, 11) is -7.15. The van der Waals surface area contributed by atoms with Crippen molar-refractivity contribution in [3.05, 3.63) is 73.5 Å². The van der Waals surface area contributed by atoms with Crippen LogP contribution in [0.1, 0.15) is 88.2 Å². The Morgan fingerprint density at radius 3 is 1.46 bits per heavy atom. The Hall–Kier alpha value is -5.57. The first-order valence-corrected chi connectivity index (χ1v) is 25.4. The lowest BCUT2D eigenvalue weighted by Crippen LogP contribution is -2.41. The standard InChI is InChI=1S/C18H20N6O3S.C13H13IN4O3S.C11H19BN2O2.2CH4/c1-8-15(9(2)22-21-8)13-6-12(16-10(3)23-27-11(16)4)7-14-17(13)20-18(19-14)24-28(5,25)26;1-6-11(7(2)21-17-6)8-4-9(14)12-10(5-8)15-13(16-12)18-22(3,19)20;1-7-9(8(2)14-13-7)12-15-10(3,4)11(5,6)16-12;;/h6-7H,1-5H3,(H,21,22)(H2,19,20,24);4-5H,1-3H3,(H2,15,16,18);1-6H3,(H,13,14);2*1H4. The molecule has 0 aliphatic carbocycles. The molecule has 2 aromatic carbocycles. The number of hydrogen-bond acceptors (Lipinski definition) is 14. The van der Waals surface area contributed by atoms with Gasteiger partial charge in [-0.3, -0.25) is 19.6 Å². The number of H-pyrrole nitrogens is 4. The second-order valence-electron chi connectivity index (χ2n) is 17.3. The molecule has 0 saturated carbocycles. The zero-order valence-corrected chi connectivity index (χ0v) is 42.8. The smallest absolute Gasteiger partial charge is 0.399 e. The van der Waals surface area contributed by atoms with Gasteiger partial charge >= 0.3 is 7.12 Å². The number of fused-ring (bicyclic) bond motifs is 2. The van der Waals surface area contributed by atoms with Crippen LogP contribution >= 0.6 is 22.6 Å². The van der Waals surface area contributed by atoms with Crippen LogP contribution in [0.4, 0.5) is 11.9 Å². The van der Waals surface area contributed by atoms with Gasteiger partial charge in [0.2, 0.25) is 31.9 Å². The molecule has 0 amide bonds. The summed E-state index contributed by atoms with van der Waals surface area (Å²) in [5, 5.41) is 22.4. The Bertz CT molecular complexity index is 3270. The average Bonchev–Trinajstić information content (AvgIpc) is 4.06. The minimum Gasteiger partial charge on any atom is -0.399 e. The van der Waals surface area contributed by atoms with Crippen LogP contribution in [0.15, 0.2) is 33.3 Å². The molecule has 20 nitrogen and oxygen atoms in total. The van der Waals surface area contributed by atoms with Gasteiger partial charge in [0.25, 0.3) is 0 Å². The van der Waals surface area contributed by atoms with Gasteiger partial charge in [-0.1, -0.05) is 25.2 Å². The highest BCUT2D eigenvalue weighted by atomic mass is 127. The molecule has 1 aliphatic heterocycles. The molecule has 1 aliphatic rings. The molecule has 366 valence electrons. The van der Waals surface area contributed by atoms with Gasteiger partial charge < -0.3 is 28.3 Å². The number of nitrogens with one attached hydrogen (secondary N) is 6. The molecule has 0 bridgehead atoms. The Kier molecular flexibility index (Phi) is 15.3. The van der Waals surface area contributed by atoms with Crippen molar-refractivity contribution in [2.75, 3.05) is 22.0 Å². The molecule has 1 fully saturated rings. The first-order valence-electron chi connectivity index (χ1n) is 20.6. The monoisotopic (exact) mass is 1090 g/mol. The maximum Gasteiger partial charge on any atom is 0.498 e. The minimum atomic E-state index is -3.46. The number of hydrogen-bond donors (Lipinski definition) is 6.